The van der Waals surface area contributed by atoms with Crippen LogP contribution in [0, 0.1) is 5.41 Å². The zero-order valence-electron chi connectivity index (χ0n) is 11.2. The Labute approximate surface area is 109 Å². The summed E-state index contributed by atoms with van der Waals surface area (Å²) in [5, 5.41) is 0. The molecule has 0 saturated heterocycles. The maximum atomic E-state index is 11.7. The fourth-order valence-corrected chi connectivity index (χ4v) is 2.98. The lowest BCUT2D eigenvalue weighted by molar-refractivity contribution is 0.0538. The van der Waals surface area contributed by atoms with Crippen molar-refractivity contribution < 1.29 is 18.5 Å². The molecule has 1 saturated carbocycles. The second-order valence-electron chi connectivity index (χ2n) is 5.73. The van der Waals surface area contributed by atoms with Gasteiger partial charge in [0.25, 0.3) is 0 Å². The van der Waals surface area contributed by atoms with E-state index >= 15 is 0 Å². The van der Waals surface area contributed by atoms with Crippen LogP contribution >= 0.6 is 7.82 Å². The molecule has 1 fully saturated rings. The largest absolute Gasteiger partial charge is 0.472 e. The Morgan fingerprint density at radius 3 is 2.50 bits per heavy atom. The van der Waals surface area contributed by atoms with Crippen molar-refractivity contribution in [3.63, 3.8) is 0 Å². The van der Waals surface area contributed by atoms with Crippen LogP contribution in [-0.2, 0) is 13.6 Å². The van der Waals surface area contributed by atoms with Crippen molar-refractivity contribution in [1.82, 2.24) is 0 Å². The smallest absolute Gasteiger partial charge is 0.329 e. The van der Waals surface area contributed by atoms with Gasteiger partial charge in [0, 0.05) is 12.6 Å². The van der Waals surface area contributed by atoms with E-state index in [1.807, 2.05) is 0 Å². The van der Waals surface area contributed by atoms with Gasteiger partial charge < -0.3 is 16.4 Å². The number of phosphoric acid groups is 1. The Hall–Kier alpha value is 0.0300. The van der Waals surface area contributed by atoms with E-state index < -0.39 is 13.9 Å². The van der Waals surface area contributed by atoms with Crippen molar-refractivity contribution in [2.75, 3.05) is 13.2 Å². The lowest BCUT2D eigenvalue weighted by atomic mass is 9.76. The van der Waals surface area contributed by atoms with Crippen LogP contribution in [0.15, 0.2) is 0 Å². The third-order valence-electron chi connectivity index (χ3n) is 3.32. The summed E-state index contributed by atoms with van der Waals surface area (Å²) in [4.78, 5) is 9.56. The van der Waals surface area contributed by atoms with Gasteiger partial charge >= 0.3 is 7.82 Å². The van der Waals surface area contributed by atoms with Gasteiger partial charge in [-0.1, -0.05) is 13.8 Å². The SMILES string of the molecule is CC1(C)CCC(OP(=O)(O)OC[C@H](N)CN)CC1. The van der Waals surface area contributed by atoms with Crippen LogP contribution in [0.4, 0.5) is 0 Å². The van der Waals surface area contributed by atoms with Gasteiger partial charge in [0.1, 0.15) is 0 Å². The van der Waals surface area contributed by atoms with Gasteiger partial charge in [0.05, 0.1) is 12.7 Å². The number of hydrogen-bond donors (Lipinski definition) is 3. The Bertz CT molecular complexity index is 301. The molecular formula is C11H25N2O4P. The molecule has 6 nitrogen and oxygen atoms in total. The molecule has 5 N–H and O–H groups in total. The molecule has 0 spiro atoms. The van der Waals surface area contributed by atoms with E-state index in [0.717, 1.165) is 25.7 Å². The fraction of sp³-hybridized carbons (Fsp3) is 1.00. The summed E-state index contributed by atoms with van der Waals surface area (Å²) in [6.07, 6.45) is 3.33. The summed E-state index contributed by atoms with van der Waals surface area (Å²) < 4.78 is 21.7. The van der Waals surface area contributed by atoms with E-state index in [2.05, 4.69) is 13.8 Å². The van der Waals surface area contributed by atoms with Gasteiger partial charge in [0.15, 0.2) is 0 Å². The van der Waals surface area contributed by atoms with E-state index in [4.69, 9.17) is 20.5 Å². The molecule has 108 valence electrons. The average molecular weight is 280 g/mol. The minimum atomic E-state index is -4.01. The lowest BCUT2D eigenvalue weighted by Gasteiger charge is -2.34. The standard InChI is InChI=1S/C11H25N2O4P/c1-11(2)5-3-10(4-6-11)17-18(14,15)16-8-9(13)7-12/h9-10H,3-8,12-13H2,1-2H3,(H,14,15)/t9-/m1/s1. The minimum Gasteiger partial charge on any atom is -0.329 e. The molecule has 0 radical (unpaired) electrons. The highest BCUT2D eigenvalue weighted by atomic mass is 31.2. The zero-order chi connectivity index (χ0) is 13.8. The molecule has 1 unspecified atom stereocenters. The molecule has 7 heteroatoms. The summed E-state index contributed by atoms with van der Waals surface area (Å²) in [5.41, 5.74) is 11.1. The predicted octanol–water partition coefficient (Wildman–Crippen LogP) is 1.37. The Morgan fingerprint density at radius 2 is 2.00 bits per heavy atom. The molecule has 1 aliphatic carbocycles. The molecule has 18 heavy (non-hydrogen) atoms. The molecule has 0 aromatic carbocycles. The van der Waals surface area contributed by atoms with Crippen molar-refractivity contribution in [3.8, 4) is 0 Å². The molecule has 0 aromatic heterocycles. The molecule has 1 rings (SSSR count). The monoisotopic (exact) mass is 280 g/mol. The first-order chi connectivity index (χ1) is 8.24. The molecule has 0 aliphatic heterocycles. The quantitative estimate of drug-likeness (QED) is 0.634. The summed E-state index contributed by atoms with van der Waals surface area (Å²) in [6.45, 7) is 4.52. The lowest BCUT2D eigenvalue weighted by Crippen LogP contribution is -2.34. The first-order valence-electron chi connectivity index (χ1n) is 6.35. The zero-order valence-corrected chi connectivity index (χ0v) is 12.1. The van der Waals surface area contributed by atoms with Crippen molar-refractivity contribution in [2.24, 2.45) is 16.9 Å². The van der Waals surface area contributed by atoms with E-state index in [-0.39, 0.29) is 19.3 Å². The molecule has 0 aromatic rings. The van der Waals surface area contributed by atoms with Crippen LogP contribution in [0.1, 0.15) is 39.5 Å². The molecule has 1 aliphatic rings. The van der Waals surface area contributed by atoms with Gasteiger partial charge in [-0.2, -0.15) is 0 Å². The predicted molar refractivity (Wildman–Crippen MR) is 69.9 cm³/mol. The number of nitrogens with two attached hydrogens (primary N) is 2. The molecular weight excluding hydrogens is 255 g/mol. The topological polar surface area (TPSA) is 108 Å². The van der Waals surface area contributed by atoms with Crippen LogP contribution < -0.4 is 11.5 Å². The third-order valence-corrected chi connectivity index (χ3v) is 4.36. The number of rotatable bonds is 6. The highest BCUT2D eigenvalue weighted by Gasteiger charge is 2.33. The third kappa shape index (κ3) is 5.78. The second-order valence-corrected chi connectivity index (χ2v) is 7.14. The van der Waals surface area contributed by atoms with Gasteiger partial charge in [0.2, 0.25) is 0 Å². The summed E-state index contributed by atoms with van der Waals surface area (Å²) in [5.74, 6) is 0. The summed E-state index contributed by atoms with van der Waals surface area (Å²) in [7, 11) is -4.01. The summed E-state index contributed by atoms with van der Waals surface area (Å²) in [6, 6.07) is -0.445. The fourth-order valence-electron chi connectivity index (χ4n) is 1.95. The van der Waals surface area contributed by atoms with Gasteiger partial charge in [-0.3, -0.25) is 9.05 Å². The van der Waals surface area contributed by atoms with Crippen molar-refractivity contribution in [1.29, 1.82) is 0 Å². The van der Waals surface area contributed by atoms with Crippen LogP contribution in [0.5, 0.6) is 0 Å². The van der Waals surface area contributed by atoms with Crippen LogP contribution in [-0.4, -0.2) is 30.2 Å². The number of phosphoric ester groups is 1. The highest BCUT2D eigenvalue weighted by Crippen LogP contribution is 2.48. The molecule has 0 heterocycles. The second kappa shape index (κ2) is 6.46. The van der Waals surface area contributed by atoms with Gasteiger partial charge in [-0.25, -0.2) is 4.57 Å². The van der Waals surface area contributed by atoms with Crippen LogP contribution in [0.3, 0.4) is 0 Å². The maximum absolute atomic E-state index is 11.7. The Morgan fingerprint density at radius 1 is 1.44 bits per heavy atom. The summed E-state index contributed by atoms with van der Waals surface area (Å²) >= 11 is 0. The Kier molecular flexibility index (Phi) is 5.77. The van der Waals surface area contributed by atoms with Crippen molar-refractivity contribution in [2.45, 2.75) is 51.7 Å². The molecule has 0 bridgehead atoms. The minimum absolute atomic E-state index is 0.0670. The maximum Gasteiger partial charge on any atom is 0.472 e. The van der Waals surface area contributed by atoms with Crippen molar-refractivity contribution >= 4 is 7.82 Å². The van der Waals surface area contributed by atoms with E-state index in [1.54, 1.807) is 0 Å². The average Bonchev–Trinajstić information content (AvgIpc) is 2.29. The van der Waals surface area contributed by atoms with Gasteiger partial charge in [-0.05, 0) is 31.1 Å². The van der Waals surface area contributed by atoms with Crippen LogP contribution in [0.25, 0.3) is 0 Å². The highest BCUT2D eigenvalue weighted by molar-refractivity contribution is 7.47. The Balaban J connectivity index is 2.35. The molecule has 2 atom stereocenters. The molecule has 0 amide bonds. The van der Waals surface area contributed by atoms with E-state index in [9.17, 15) is 9.46 Å². The first kappa shape index (κ1) is 16.1. The van der Waals surface area contributed by atoms with Gasteiger partial charge in [-0.15, -0.1) is 0 Å². The first-order valence-corrected chi connectivity index (χ1v) is 7.85. The van der Waals surface area contributed by atoms with E-state index in [0.29, 0.717) is 5.41 Å². The normalized spacial score (nSPS) is 25.6. The van der Waals surface area contributed by atoms with Crippen LogP contribution in [0.2, 0.25) is 0 Å². The number of hydrogen-bond acceptors (Lipinski definition) is 5. The van der Waals surface area contributed by atoms with Crippen molar-refractivity contribution in [3.05, 3.63) is 0 Å². The van der Waals surface area contributed by atoms with E-state index in [1.165, 1.54) is 0 Å².